The van der Waals surface area contributed by atoms with Gasteiger partial charge in [0.1, 0.15) is 11.5 Å². The van der Waals surface area contributed by atoms with Crippen molar-refractivity contribution < 1.29 is 24.2 Å². The third-order valence-corrected chi connectivity index (χ3v) is 6.26. The van der Waals surface area contributed by atoms with Gasteiger partial charge in [-0.15, -0.1) is 0 Å². The standard InChI is InChI=1S/C25H27ClN2O5/c1-32-20-8-3-6-18(16-20)23(29)21-22(17-5-2-7-19(26)15-17)28(25(31)24(21)30)10-4-9-27-11-13-33-14-12-27/h2-3,5-8,15-16,22,29H,4,9-14H2,1H3/t22-/m1/s1. The summed E-state index contributed by atoms with van der Waals surface area (Å²) in [7, 11) is 1.53. The monoisotopic (exact) mass is 470 g/mol. The number of aliphatic hydroxyl groups excluding tert-OH is 1. The lowest BCUT2D eigenvalue weighted by Crippen LogP contribution is -2.38. The van der Waals surface area contributed by atoms with E-state index in [0.29, 0.717) is 48.1 Å². The number of hydrogen-bond donors (Lipinski definition) is 1. The summed E-state index contributed by atoms with van der Waals surface area (Å²) >= 11 is 6.23. The van der Waals surface area contributed by atoms with Gasteiger partial charge in [0.05, 0.1) is 31.9 Å². The van der Waals surface area contributed by atoms with Crippen molar-refractivity contribution >= 4 is 29.1 Å². The van der Waals surface area contributed by atoms with Crippen molar-refractivity contribution in [3.05, 3.63) is 70.3 Å². The minimum atomic E-state index is -0.723. The minimum Gasteiger partial charge on any atom is -0.507 e. The highest BCUT2D eigenvalue weighted by atomic mass is 35.5. The van der Waals surface area contributed by atoms with E-state index in [9.17, 15) is 14.7 Å². The predicted molar refractivity (Wildman–Crippen MR) is 125 cm³/mol. The fourth-order valence-electron chi connectivity index (χ4n) is 4.35. The summed E-state index contributed by atoms with van der Waals surface area (Å²) in [4.78, 5) is 30.0. The average Bonchev–Trinajstić information content (AvgIpc) is 3.09. The molecule has 0 spiro atoms. The SMILES string of the molecule is COc1cccc(C(O)=C2C(=O)C(=O)N(CCCN3CCOCC3)[C@@H]2c2cccc(Cl)c2)c1. The maximum Gasteiger partial charge on any atom is 0.295 e. The molecule has 0 saturated carbocycles. The molecule has 1 N–H and O–H groups in total. The Morgan fingerprint density at radius 1 is 1.12 bits per heavy atom. The van der Waals surface area contributed by atoms with Gasteiger partial charge >= 0.3 is 0 Å². The van der Waals surface area contributed by atoms with Crippen molar-refractivity contribution in [3.8, 4) is 5.75 Å². The molecule has 2 heterocycles. The number of benzene rings is 2. The summed E-state index contributed by atoms with van der Waals surface area (Å²) in [6, 6.07) is 13.1. The predicted octanol–water partition coefficient (Wildman–Crippen LogP) is 3.49. The molecule has 0 radical (unpaired) electrons. The summed E-state index contributed by atoms with van der Waals surface area (Å²) in [5.41, 5.74) is 1.15. The van der Waals surface area contributed by atoms with Crippen molar-refractivity contribution in [1.82, 2.24) is 9.80 Å². The first-order valence-electron chi connectivity index (χ1n) is 11.0. The molecule has 0 bridgehead atoms. The number of carbonyl (C=O) groups excluding carboxylic acids is 2. The van der Waals surface area contributed by atoms with Gasteiger partial charge < -0.3 is 19.5 Å². The van der Waals surface area contributed by atoms with Gasteiger partial charge in [-0.05, 0) is 36.2 Å². The summed E-state index contributed by atoms with van der Waals surface area (Å²) in [6.07, 6.45) is 0.698. The van der Waals surface area contributed by atoms with Crippen LogP contribution in [0.2, 0.25) is 5.02 Å². The second-order valence-corrected chi connectivity index (χ2v) is 8.52. The third-order valence-electron chi connectivity index (χ3n) is 6.02. The first kappa shape index (κ1) is 23.3. The van der Waals surface area contributed by atoms with E-state index >= 15 is 0 Å². The molecule has 0 aromatic heterocycles. The van der Waals surface area contributed by atoms with E-state index in [0.717, 1.165) is 19.6 Å². The molecule has 4 rings (SSSR count). The zero-order valence-corrected chi connectivity index (χ0v) is 19.3. The lowest BCUT2D eigenvalue weighted by Gasteiger charge is -2.29. The molecule has 2 fully saturated rings. The minimum absolute atomic E-state index is 0.0573. The molecule has 2 aliphatic rings. The molecule has 8 heteroatoms. The number of morpholine rings is 1. The first-order valence-corrected chi connectivity index (χ1v) is 11.4. The number of Topliss-reactive ketones (excluding diaryl/α,β-unsaturated/α-hetero) is 1. The molecule has 2 saturated heterocycles. The van der Waals surface area contributed by atoms with Crippen LogP contribution in [0, 0.1) is 0 Å². The van der Waals surface area contributed by atoms with Gasteiger partial charge in [-0.2, -0.15) is 0 Å². The maximum absolute atomic E-state index is 13.1. The number of amides is 1. The van der Waals surface area contributed by atoms with Crippen LogP contribution in [0.15, 0.2) is 54.1 Å². The largest absolute Gasteiger partial charge is 0.507 e. The molecular weight excluding hydrogens is 444 g/mol. The van der Waals surface area contributed by atoms with Crippen molar-refractivity contribution in [2.75, 3.05) is 46.5 Å². The van der Waals surface area contributed by atoms with E-state index in [4.69, 9.17) is 21.1 Å². The maximum atomic E-state index is 13.1. The van der Waals surface area contributed by atoms with E-state index in [-0.39, 0.29) is 11.3 Å². The first-order chi connectivity index (χ1) is 16.0. The highest BCUT2D eigenvalue weighted by Gasteiger charge is 2.45. The van der Waals surface area contributed by atoms with Gasteiger partial charge in [-0.25, -0.2) is 0 Å². The van der Waals surface area contributed by atoms with E-state index in [1.165, 1.54) is 7.11 Å². The number of aliphatic hydroxyl groups is 1. The number of rotatable bonds is 7. The van der Waals surface area contributed by atoms with E-state index in [2.05, 4.69) is 4.90 Å². The zero-order chi connectivity index (χ0) is 23.4. The number of likely N-dealkylation sites (tertiary alicyclic amines) is 1. The van der Waals surface area contributed by atoms with E-state index < -0.39 is 17.7 Å². The van der Waals surface area contributed by atoms with Gasteiger partial charge in [0, 0.05) is 36.8 Å². The number of hydrogen-bond acceptors (Lipinski definition) is 6. The number of halogens is 1. The molecule has 0 aliphatic carbocycles. The van der Waals surface area contributed by atoms with E-state index in [1.807, 2.05) is 6.07 Å². The van der Waals surface area contributed by atoms with Crippen molar-refractivity contribution in [1.29, 1.82) is 0 Å². The Kier molecular flexibility index (Phi) is 7.33. The van der Waals surface area contributed by atoms with Crippen LogP contribution in [0.1, 0.15) is 23.6 Å². The summed E-state index contributed by atoms with van der Waals surface area (Å²) in [5, 5.41) is 11.6. The number of methoxy groups -OCH3 is 1. The zero-order valence-electron chi connectivity index (χ0n) is 18.5. The number of ketones is 1. The fraction of sp³-hybridized carbons (Fsp3) is 0.360. The second-order valence-electron chi connectivity index (χ2n) is 8.09. The van der Waals surface area contributed by atoms with Crippen LogP contribution in [-0.2, 0) is 14.3 Å². The topological polar surface area (TPSA) is 79.3 Å². The van der Waals surface area contributed by atoms with Crippen molar-refractivity contribution in [3.63, 3.8) is 0 Å². The molecule has 33 heavy (non-hydrogen) atoms. The smallest absolute Gasteiger partial charge is 0.295 e. The number of nitrogens with zero attached hydrogens (tertiary/aromatic N) is 2. The van der Waals surface area contributed by atoms with Crippen LogP contribution < -0.4 is 4.74 Å². The normalized spacial score (nSPS) is 20.9. The van der Waals surface area contributed by atoms with Crippen LogP contribution >= 0.6 is 11.6 Å². The molecule has 1 amide bonds. The van der Waals surface area contributed by atoms with Gasteiger partial charge in [0.2, 0.25) is 0 Å². The lowest BCUT2D eigenvalue weighted by molar-refractivity contribution is -0.140. The number of ether oxygens (including phenoxy) is 2. The molecule has 2 aliphatic heterocycles. The summed E-state index contributed by atoms with van der Waals surface area (Å²) < 4.78 is 10.6. The molecule has 2 aromatic rings. The highest BCUT2D eigenvalue weighted by molar-refractivity contribution is 6.46. The van der Waals surface area contributed by atoms with Crippen LogP contribution in [0.5, 0.6) is 5.75 Å². The Hall–Kier alpha value is -2.87. The van der Waals surface area contributed by atoms with Crippen LogP contribution in [0.25, 0.3) is 5.76 Å². The third kappa shape index (κ3) is 5.05. The fourth-order valence-corrected chi connectivity index (χ4v) is 4.55. The second kappa shape index (κ2) is 10.4. The summed E-state index contributed by atoms with van der Waals surface area (Å²) in [6.45, 7) is 4.29. The van der Waals surface area contributed by atoms with Crippen LogP contribution in [-0.4, -0.2) is 73.1 Å². The van der Waals surface area contributed by atoms with Crippen molar-refractivity contribution in [2.45, 2.75) is 12.5 Å². The van der Waals surface area contributed by atoms with Crippen LogP contribution in [0.3, 0.4) is 0 Å². The lowest BCUT2D eigenvalue weighted by atomic mass is 9.95. The highest BCUT2D eigenvalue weighted by Crippen LogP contribution is 2.40. The molecular formula is C25H27ClN2O5. The molecule has 2 aromatic carbocycles. The molecule has 0 unspecified atom stereocenters. The number of carbonyl (C=O) groups is 2. The molecule has 7 nitrogen and oxygen atoms in total. The Bertz CT molecular complexity index is 1060. The Labute approximate surface area is 198 Å². The molecule has 1 atom stereocenters. The van der Waals surface area contributed by atoms with Crippen LogP contribution in [0.4, 0.5) is 0 Å². The quantitative estimate of drug-likeness (QED) is 0.379. The summed E-state index contributed by atoms with van der Waals surface area (Å²) in [5.74, 6) is -1.01. The average molecular weight is 471 g/mol. The van der Waals surface area contributed by atoms with Gasteiger partial charge in [0.25, 0.3) is 11.7 Å². The Morgan fingerprint density at radius 2 is 1.88 bits per heavy atom. The Balaban J connectivity index is 1.68. The molecule has 174 valence electrons. The van der Waals surface area contributed by atoms with E-state index in [1.54, 1.807) is 47.4 Å². The van der Waals surface area contributed by atoms with Crippen molar-refractivity contribution in [2.24, 2.45) is 0 Å². The van der Waals surface area contributed by atoms with Gasteiger partial charge in [-0.1, -0.05) is 35.9 Å². The van der Waals surface area contributed by atoms with Gasteiger partial charge in [-0.3, -0.25) is 14.5 Å². The Morgan fingerprint density at radius 3 is 2.61 bits per heavy atom. The van der Waals surface area contributed by atoms with Gasteiger partial charge in [0.15, 0.2) is 0 Å².